The lowest BCUT2D eigenvalue weighted by Gasteiger charge is -2.23. The van der Waals surface area contributed by atoms with Crippen molar-refractivity contribution in [3.05, 3.63) is 60.1 Å². The molecule has 150 valence electrons. The Balaban J connectivity index is 1.52. The highest BCUT2D eigenvalue weighted by Gasteiger charge is 2.17. The molecule has 0 aliphatic carbocycles. The molecule has 2 aromatic heterocycles. The van der Waals surface area contributed by atoms with Crippen LogP contribution in [-0.2, 0) is 16.4 Å². The van der Waals surface area contributed by atoms with Crippen LogP contribution < -0.4 is 0 Å². The summed E-state index contributed by atoms with van der Waals surface area (Å²) in [5.74, 6) is 0. The number of hydrogen-bond acceptors (Lipinski definition) is 5. The van der Waals surface area contributed by atoms with Crippen LogP contribution in [0.1, 0.15) is 17.8 Å². The summed E-state index contributed by atoms with van der Waals surface area (Å²) in [5.41, 5.74) is 3.46. The van der Waals surface area contributed by atoms with Gasteiger partial charge < -0.3 is 14.6 Å². The summed E-state index contributed by atoms with van der Waals surface area (Å²) in [5, 5.41) is 18.5. The zero-order chi connectivity index (χ0) is 20.6. The van der Waals surface area contributed by atoms with Crippen molar-refractivity contribution in [1.29, 1.82) is 0 Å². The van der Waals surface area contributed by atoms with Gasteiger partial charge in [0.25, 0.3) is 0 Å². The Kier molecular flexibility index (Phi) is 4.83. The molecule has 1 N–H and O–H groups in total. The van der Waals surface area contributed by atoms with Crippen molar-refractivity contribution in [2.24, 2.45) is 0 Å². The third-order valence-electron chi connectivity index (χ3n) is 5.03. The third kappa shape index (κ3) is 4.00. The summed E-state index contributed by atoms with van der Waals surface area (Å²) in [4.78, 5) is 12.6. The SMILES string of the molecule is CS(=O)(=O)c1ccc2c(ccn2Cc2ccc(C3=CCN(C(=O)O)CC3)nn2)c1. The summed E-state index contributed by atoms with van der Waals surface area (Å²) in [7, 11) is -3.24. The van der Waals surface area contributed by atoms with Crippen LogP contribution in [0.15, 0.2) is 53.6 Å². The molecule has 0 radical (unpaired) electrons. The van der Waals surface area contributed by atoms with E-state index in [4.69, 9.17) is 5.11 Å². The van der Waals surface area contributed by atoms with E-state index < -0.39 is 15.9 Å². The fourth-order valence-corrected chi connectivity index (χ4v) is 4.07. The Bertz CT molecular complexity index is 1210. The lowest BCUT2D eigenvalue weighted by atomic mass is 10.0. The highest BCUT2D eigenvalue weighted by molar-refractivity contribution is 7.90. The van der Waals surface area contributed by atoms with Crippen molar-refractivity contribution in [1.82, 2.24) is 19.7 Å². The monoisotopic (exact) mass is 412 g/mol. The van der Waals surface area contributed by atoms with Crippen molar-refractivity contribution in [2.45, 2.75) is 17.9 Å². The molecule has 0 spiro atoms. The van der Waals surface area contributed by atoms with Gasteiger partial charge in [-0.05, 0) is 48.4 Å². The zero-order valence-electron chi connectivity index (χ0n) is 15.8. The van der Waals surface area contributed by atoms with E-state index in [2.05, 4.69) is 10.2 Å². The first-order chi connectivity index (χ1) is 13.8. The van der Waals surface area contributed by atoms with E-state index in [0.29, 0.717) is 31.0 Å². The molecule has 0 unspecified atom stereocenters. The third-order valence-corrected chi connectivity index (χ3v) is 6.14. The molecule has 1 amide bonds. The maximum Gasteiger partial charge on any atom is 0.407 e. The molecule has 4 rings (SSSR count). The second-order valence-corrected chi connectivity index (χ2v) is 9.07. The van der Waals surface area contributed by atoms with Gasteiger partial charge in [-0.2, -0.15) is 10.2 Å². The molecule has 0 fully saturated rings. The second-order valence-electron chi connectivity index (χ2n) is 7.05. The van der Waals surface area contributed by atoms with E-state index in [0.717, 1.165) is 27.9 Å². The summed E-state index contributed by atoms with van der Waals surface area (Å²) in [6, 6.07) is 10.8. The number of sulfone groups is 1. The van der Waals surface area contributed by atoms with Crippen molar-refractivity contribution >= 4 is 32.4 Å². The minimum atomic E-state index is -3.24. The number of carboxylic acid groups (broad SMARTS) is 1. The highest BCUT2D eigenvalue weighted by Crippen LogP contribution is 2.23. The van der Waals surface area contributed by atoms with Gasteiger partial charge in [-0.25, -0.2) is 13.2 Å². The number of amides is 1. The topological polar surface area (TPSA) is 105 Å². The number of hydrogen-bond donors (Lipinski definition) is 1. The zero-order valence-corrected chi connectivity index (χ0v) is 16.6. The van der Waals surface area contributed by atoms with Gasteiger partial charge in [-0.3, -0.25) is 0 Å². The fourth-order valence-electron chi connectivity index (χ4n) is 3.41. The quantitative estimate of drug-likeness (QED) is 0.706. The lowest BCUT2D eigenvalue weighted by Crippen LogP contribution is -2.33. The first kappa shape index (κ1) is 19.1. The number of rotatable bonds is 4. The molecule has 0 atom stereocenters. The van der Waals surface area contributed by atoms with Crippen molar-refractivity contribution < 1.29 is 18.3 Å². The van der Waals surface area contributed by atoms with Gasteiger partial charge in [0.05, 0.1) is 22.8 Å². The molecule has 9 heteroatoms. The molecule has 1 aliphatic heterocycles. The molecule has 29 heavy (non-hydrogen) atoms. The summed E-state index contributed by atoms with van der Waals surface area (Å²) < 4.78 is 25.4. The van der Waals surface area contributed by atoms with Crippen LogP contribution in [0.25, 0.3) is 16.5 Å². The lowest BCUT2D eigenvalue weighted by molar-refractivity contribution is 0.150. The number of benzene rings is 1. The molecule has 1 aromatic carbocycles. The maximum atomic E-state index is 11.7. The highest BCUT2D eigenvalue weighted by atomic mass is 32.2. The van der Waals surface area contributed by atoms with E-state index in [9.17, 15) is 13.2 Å². The second kappa shape index (κ2) is 7.32. The van der Waals surface area contributed by atoms with Gasteiger partial charge in [0.15, 0.2) is 9.84 Å². The van der Waals surface area contributed by atoms with Crippen LogP contribution >= 0.6 is 0 Å². The Morgan fingerprint density at radius 3 is 2.62 bits per heavy atom. The van der Waals surface area contributed by atoms with Crippen LogP contribution in [0, 0.1) is 0 Å². The molecule has 8 nitrogen and oxygen atoms in total. The van der Waals surface area contributed by atoms with Gasteiger partial charge >= 0.3 is 6.09 Å². The number of nitrogens with zero attached hydrogens (tertiary/aromatic N) is 4. The average Bonchev–Trinajstić information content (AvgIpc) is 3.10. The fraction of sp³-hybridized carbons (Fsp3) is 0.250. The first-order valence-electron chi connectivity index (χ1n) is 9.10. The van der Waals surface area contributed by atoms with Crippen LogP contribution in [0.5, 0.6) is 0 Å². The van der Waals surface area contributed by atoms with Gasteiger partial charge in [0.2, 0.25) is 0 Å². The number of fused-ring (bicyclic) bond motifs is 1. The molecule has 3 aromatic rings. The summed E-state index contributed by atoms with van der Waals surface area (Å²) >= 11 is 0. The van der Waals surface area contributed by atoms with Crippen LogP contribution in [0.2, 0.25) is 0 Å². The molecular formula is C20H20N4O4S. The molecule has 0 saturated carbocycles. The number of carbonyl (C=O) groups is 1. The van der Waals surface area contributed by atoms with E-state index in [1.807, 2.05) is 35.0 Å². The minimum Gasteiger partial charge on any atom is -0.465 e. The molecule has 0 saturated heterocycles. The predicted molar refractivity (Wildman–Crippen MR) is 108 cm³/mol. The van der Waals surface area contributed by atoms with Gasteiger partial charge in [-0.15, -0.1) is 0 Å². The van der Waals surface area contributed by atoms with Crippen LogP contribution in [0.4, 0.5) is 4.79 Å². The Hall–Kier alpha value is -3.20. The van der Waals surface area contributed by atoms with Crippen molar-refractivity contribution in [3.8, 4) is 0 Å². The van der Waals surface area contributed by atoms with Gasteiger partial charge in [0.1, 0.15) is 0 Å². The van der Waals surface area contributed by atoms with Gasteiger partial charge in [-0.1, -0.05) is 6.08 Å². The molecule has 3 heterocycles. The Labute approximate surface area is 168 Å². The van der Waals surface area contributed by atoms with Crippen LogP contribution in [-0.4, -0.2) is 58.6 Å². The van der Waals surface area contributed by atoms with Gasteiger partial charge in [0, 0.05) is 36.4 Å². The summed E-state index contributed by atoms with van der Waals surface area (Å²) in [6.45, 7) is 1.33. The summed E-state index contributed by atoms with van der Waals surface area (Å²) in [6.07, 6.45) is 4.68. The van der Waals surface area contributed by atoms with Crippen LogP contribution in [0.3, 0.4) is 0 Å². The number of aromatic nitrogens is 3. The first-order valence-corrected chi connectivity index (χ1v) is 11.0. The predicted octanol–water partition coefficient (Wildman–Crippen LogP) is 2.65. The normalized spacial score (nSPS) is 14.8. The van der Waals surface area contributed by atoms with E-state index in [1.165, 1.54) is 11.2 Å². The van der Waals surface area contributed by atoms with Crippen molar-refractivity contribution in [2.75, 3.05) is 19.3 Å². The Morgan fingerprint density at radius 1 is 1.17 bits per heavy atom. The standard InChI is InChI=1S/C20H20N4O4S/c1-29(27,28)17-3-5-19-15(12-17)8-11-24(19)13-16-2-4-18(22-21-16)14-6-9-23(10-7-14)20(25)26/h2-6,8,11-12H,7,9-10,13H2,1H3,(H,25,26). The minimum absolute atomic E-state index is 0.300. The molecular weight excluding hydrogens is 392 g/mol. The largest absolute Gasteiger partial charge is 0.465 e. The molecule has 1 aliphatic rings. The maximum absolute atomic E-state index is 11.7. The van der Waals surface area contributed by atoms with Crippen molar-refractivity contribution in [3.63, 3.8) is 0 Å². The van der Waals surface area contributed by atoms with E-state index in [-0.39, 0.29) is 0 Å². The van der Waals surface area contributed by atoms with E-state index >= 15 is 0 Å². The van der Waals surface area contributed by atoms with E-state index in [1.54, 1.807) is 18.2 Å². The Morgan fingerprint density at radius 2 is 2.00 bits per heavy atom. The molecule has 0 bridgehead atoms. The smallest absolute Gasteiger partial charge is 0.407 e. The average molecular weight is 412 g/mol.